The summed E-state index contributed by atoms with van der Waals surface area (Å²) < 4.78 is 20.0. The molecule has 0 aliphatic carbocycles. The van der Waals surface area contributed by atoms with Crippen molar-refractivity contribution in [1.29, 1.82) is 0 Å². The van der Waals surface area contributed by atoms with Crippen molar-refractivity contribution in [2.45, 2.75) is 26.4 Å². The van der Waals surface area contributed by atoms with Crippen LogP contribution in [-0.2, 0) is 16.1 Å². The Morgan fingerprint density at radius 3 is 2.85 bits per heavy atom. The van der Waals surface area contributed by atoms with Gasteiger partial charge in [0.2, 0.25) is 5.82 Å². The number of amidine groups is 1. The van der Waals surface area contributed by atoms with Crippen LogP contribution in [-0.4, -0.2) is 33.7 Å². The highest BCUT2D eigenvalue weighted by atomic mass is 35.5. The van der Waals surface area contributed by atoms with Crippen LogP contribution in [0.2, 0.25) is 5.02 Å². The molecule has 0 spiro atoms. The predicted octanol–water partition coefficient (Wildman–Crippen LogP) is 2.63. The Hall–Kier alpha value is -2.74. The van der Waals surface area contributed by atoms with Crippen molar-refractivity contribution in [3.8, 4) is 0 Å². The largest absolute Gasteiger partial charge is 0.466 e. The molecule has 26 heavy (non-hydrogen) atoms. The van der Waals surface area contributed by atoms with Gasteiger partial charge in [-0.3, -0.25) is 9.67 Å². The van der Waals surface area contributed by atoms with Gasteiger partial charge in [0, 0.05) is 22.8 Å². The van der Waals surface area contributed by atoms with Gasteiger partial charge in [-0.2, -0.15) is 0 Å². The molecule has 1 aliphatic heterocycles. The van der Waals surface area contributed by atoms with E-state index in [2.05, 4.69) is 20.4 Å². The molecule has 2 heterocycles. The Kier molecular flexibility index (Phi) is 5.03. The van der Waals surface area contributed by atoms with Gasteiger partial charge >= 0.3 is 5.97 Å². The quantitative estimate of drug-likeness (QED) is 0.828. The number of carbonyl (C=O) groups excluding carboxylic acids is 1. The molecule has 1 unspecified atom stereocenters. The first-order valence-corrected chi connectivity index (χ1v) is 8.31. The van der Waals surface area contributed by atoms with Crippen LogP contribution in [0.1, 0.15) is 31.3 Å². The van der Waals surface area contributed by atoms with E-state index in [0.29, 0.717) is 35.0 Å². The van der Waals surface area contributed by atoms with Crippen LogP contribution in [0.25, 0.3) is 0 Å². The van der Waals surface area contributed by atoms with Gasteiger partial charge in [-0.25, -0.2) is 14.2 Å². The number of aliphatic imine (C=N–C) groups is 1. The predicted molar refractivity (Wildman–Crippen MR) is 94.2 cm³/mol. The number of aromatic nitrogens is 3. The van der Waals surface area contributed by atoms with Gasteiger partial charge < -0.3 is 10.1 Å². The molecule has 0 fully saturated rings. The van der Waals surface area contributed by atoms with Gasteiger partial charge in [0.1, 0.15) is 18.2 Å². The molecule has 1 aromatic carbocycles. The van der Waals surface area contributed by atoms with Gasteiger partial charge in [-0.05, 0) is 26.0 Å². The van der Waals surface area contributed by atoms with E-state index in [1.165, 1.54) is 25.3 Å². The van der Waals surface area contributed by atoms with Crippen LogP contribution in [0.5, 0.6) is 0 Å². The second kappa shape index (κ2) is 7.25. The number of nitrogens with zero attached hydrogens (tertiary/aromatic N) is 4. The number of carbonyl (C=O) groups is 1. The molecule has 1 atom stereocenters. The molecule has 0 saturated heterocycles. The third kappa shape index (κ3) is 3.32. The first-order chi connectivity index (χ1) is 12.4. The molecular weight excluding hydrogens is 361 g/mol. The van der Waals surface area contributed by atoms with Gasteiger partial charge in [0.25, 0.3) is 0 Å². The van der Waals surface area contributed by atoms with Crippen LogP contribution in [0.15, 0.2) is 40.8 Å². The summed E-state index contributed by atoms with van der Waals surface area (Å²) in [6.07, 6.45) is 1.59. The molecule has 1 aromatic heterocycles. The number of nitrogens with one attached hydrogen (secondary N) is 1. The number of hydrogen-bond donors (Lipinski definition) is 1. The van der Waals surface area contributed by atoms with E-state index < -0.39 is 17.8 Å². The third-order valence-corrected chi connectivity index (χ3v) is 4.30. The fourth-order valence-electron chi connectivity index (χ4n) is 2.67. The molecule has 3 rings (SSSR count). The number of aryl methyl sites for hydroxylation is 1. The van der Waals surface area contributed by atoms with Crippen molar-refractivity contribution in [3.63, 3.8) is 0 Å². The lowest BCUT2D eigenvalue weighted by Crippen LogP contribution is -2.33. The highest BCUT2D eigenvalue weighted by Gasteiger charge is 2.32. The lowest BCUT2D eigenvalue weighted by Gasteiger charge is -2.25. The van der Waals surface area contributed by atoms with Gasteiger partial charge in [0.15, 0.2) is 5.84 Å². The fourth-order valence-corrected chi connectivity index (χ4v) is 2.94. The first kappa shape index (κ1) is 18.1. The van der Waals surface area contributed by atoms with Crippen molar-refractivity contribution in [2.24, 2.45) is 4.99 Å². The maximum absolute atomic E-state index is 13.4. The second-order valence-corrected chi connectivity index (χ2v) is 6.03. The summed E-state index contributed by atoms with van der Waals surface area (Å²) in [5.74, 6) is -0.234. The Labute approximate surface area is 154 Å². The molecule has 7 nitrogen and oxygen atoms in total. The molecule has 136 valence electrons. The monoisotopic (exact) mass is 377 g/mol. The number of hydrogen-bond acceptors (Lipinski definition) is 6. The van der Waals surface area contributed by atoms with E-state index in [0.717, 1.165) is 0 Å². The Morgan fingerprint density at radius 2 is 2.23 bits per heavy atom. The van der Waals surface area contributed by atoms with Gasteiger partial charge in [-0.1, -0.05) is 17.7 Å². The van der Waals surface area contributed by atoms with Crippen LogP contribution in [0.3, 0.4) is 0 Å². The maximum Gasteiger partial charge on any atom is 0.338 e. The molecular formula is C17H17ClFN5O2. The molecule has 1 aliphatic rings. The van der Waals surface area contributed by atoms with Crippen LogP contribution in [0.4, 0.5) is 4.39 Å². The van der Waals surface area contributed by atoms with Crippen molar-refractivity contribution < 1.29 is 13.9 Å². The number of ether oxygens (including phenoxy) is 1. The van der Waals surface area contributed by atoms with E-state index in [9.17, 15) is 9.18 Å². The number of allylic oxidation sites excluding steroid dienone is 1. The van der Waals surface area contributed by atoms with Crippen molar-refractivity contribution in [1.82, 2.24) is 20.1 Å². The summed E-state index contributed by atoms with van der Waals surface area (Å²) in [5.41, 5.74) is 1.32. The van der Waals surface area contributed by atoms with Crippen molar-refractivity contribution >= 4 is 23.4 Å². The molecule has 9 heteroatoms. The first-order valence-electron chi connectivity index (χ1n) is 7.93. The normalized spacial score (nSPS) is 17.0. The minimum Gasteiger partial charge on any atom is -0.466 e. The number of halogens is 2. The Bertz CT molecular complexity index is 922. The lowest BCUT2D eigenvalue weighted by atomic mass is 9.96. The zero-order valence-corrected chi connectivity index (χ0v) is 15.2. The molecule has 0 radical (unpaired) electrons. The van der Waals surface area contributed by atoms with E-state index in [1.807, 2.05) is 6.92 Å². The minimum absolute atomic E-state index is 0.168. The summed E-state index contributed by atoms with van der Waals surface area (Å²) in [6, 6.07) is 3.19. The Morgan fingerprint density at radius 1 is 1.46 bits per heavy atom. The summed E-state index contributed by atoms with van der Waals surface area (Å²) in [6.45, 7) is 4.33. The third-order valence-electron chi connectivity index (χ3n) is 3.98. The zero-order chi connectivity index (χ0) is 18.8. The summed E-state index contributed by atoms with van der Waals surface area (Å²) in [5, 5.41) is 7.53. The Balaban J connectivity index is 2.11. The second-order valence-electron chi connectivity index (χ2n) is 5.63. The average Bonchev–Trinajstić information content (AvgIpc) is 3.09. The average molecular weight is 378 g/mol. The van der Waals surface area contributed by atoms with E-state index in [1.54, 1.807) is 17.9 Å². The van der Waals surface area contributed by atoms with Gasteiger partial charge in [-0.15, -0.1) is 5.10 Å². The SMILES string of the molecule is CCn1cnc(C2=NC(c3ccc(F)cc3Cl)C(C(=O)OC)=C(C)N2)n1. The smallest absolute Gasteiger partial charge is 0.338 e. The van der Waals surface area contributed by atoms with Crippen LogP contribution in [0, 0.1) is 5.82 Å². The topological polar surface area (TPSA) is 81.4 Å². The maximum atomic E-state index is 13.4. The standard InChI is InChI=1S/C17H17ClFN5O2/c1-4-24-8-20-15(23-24)16-21-9(2)13(17(25)26-3)14(22-16)11-6-5-10(19)7-12(11)18/h5-8,14H,4H2,1-3H3,(H,21,22). The molecule has 0 amide bonds. The molecule has 0 bridgehead atoms. The van der Waals surface area contributed by atoms with Crippen LogP contribution >= 0.6 is 11.6 Å². The minimum atomic E-state index is -0.764. The number of rotatable bonds is 4. The number of benzene rings is 1. The highest BCUT2D eigenvalue weighted by molar-refractivity contribution is 6.31. The summed E-state index contributed by atoms with van der Waals surface area (Å²) in [7, 11) is 1.29. The van der Waals surface area contributed by atoms with E-state index in [4.69, 9.17) is 16.3 Å². The zero-order valence-electron chi connectivity index (χ0n) is 14.5. The van der Waals surface area contributed by atoms with E-state index >= 15 is 0 Å². The van der Waals surface area contributed by atoms with Gasteiger partial charge in [0.05, 0.1) is 12.7 Å². The highest BCUT2D eigenvalue weighted by Crippen LogP contribution is 2.36. The van der Waals surface area contributed by atoms with Crippen molar-refractivity contribution in [3.05, 3.63) is 58.0 Å². The van der Waals surface area contributed by atoms with Crippen molar-refractivity contribution in [2.75, 3.05) is 7.11 Å². The lowest BCUT2D eigenvalue weighted by molar-refractivity contribution is -0.136. The van der Waals surface area contributed by atoms with Crippen LogP contribution < -0.4 is 5.32 Å². The molecule has 0 saturated carbocycles. The number of esters is 1. The molecule has 1 N–H and O–H groups in total. The molecule has 2 aromatic rings. The van der Waals surface area contributed by atoms with E-state index in [-0.39, 0.29) is 5.02 Å². The summed E-state index contributed by atoms with van der Waals surface area (Å²) in [4.78, 5) is 21.1. The summed E-state index contributed by atoms with van der Waals surface area (Å²) >= 11 is 6.20. The number of methoxy groups -OCH3 is 1. The fraction of sp³-hybridized carbons (Fsp3) is 0.294.